The maximum atomic E-state index is 11.8. The van der Waals surface area contributed by atoms with Crippen molar-refractivity contribution in [3.8, 4) is 0 Å². The standard InChI is InChI=1S/C23H28N2O4S/c1-16-6-4-5-7-20(16)21(17-8-11-19(12-9-17)30(3,28)29)14-22(24-27)18-10-13-23(26)25(2)15-18/h4-9,11-12,18,21,27H,10,13-15H2,1-3H3. The molecule has 7 heteroatoms. The first-order valence-electron chi connectivity index (χ1n) is 10.0. The first-order chi connectivity index (χ1) is 14.2. The molecular formula is C23H28N2O4S. The van der Waals surface area contributed by atoms with Crippen LogP contribution in [0, 0.1) is 12.8 Å². The van der Waals surface area contributed by atoms with E-state index in [9.17, 15) is 18.4 Å². The summed E-state index contributed by atoms with van der Waals surface area (Å²) in [7, 11) is -1.51. The Morgan fingerprint density at radius 3 is 2.43 bits per heavy atom. The smallest absolute Gasteiger partial charge is 0.222 e. The van der Waals surface area contributed by atoms with Gasteiger partial charge in [-0.1, -0.05) is 41.6 Å². The van der Waals surface area contributed by atoms with E-state index in [4.69, 9.17) is 0 Å². The molecule has 0 bridgehead atoms. The molecule has 1 amide bonds. The molecule has 1 aliphatic heterocycles. The molecule has 2 atom stereocenters. The number of amides is 1. The summed E-state index contributed by atoms with van der Waals surface area (Å²) < 4.78 is 23.7. The van der Waals surface area contributed by atoms with Crippen molar-refractivity contribution in [2.75, 3.05) is 19.8 Å². The van der Waals surface area contributed by atoms with Crippen LogP contribution in [0.4, 0.5) is 0 Å². The van der Waals surface area contributed by atoms with E-state index in [1.54, 1.807) is 24.1 Å². The molecule has 3 rings (SSSR count). The SMILES string of the molecule is Cc1ccccc1C(CC(=NO)C1CCC(=O)N(C)C1)c1ccc(S(C)(=O)=O)cc1. The fraction of sp³-hybridized carbons (Fsp3) is 0.391. The van der Waals surface area contributed by atoms with Crippen LogP contribution in [0.25, 0.3) is 0 Å². The summed E-state index contributed by atoms with van der Waals surface area (Å²) in [6, 6.07) is 15.0. The summed E-state index contributed by atoms with van der Waals surface area (Å²) in [6.07, 6.45) is 2.79. The van der Waals surface area contributed by atoms with E-state index in [0.717, 1.165) is 16.7 Å². The topological polar surface area (TPSA) is 87.0 Å². The highest BCUT2D eigenvalue weighted by molar-refractivity contribution is 7.90. The third-order valence-corrected chi connectivity index (χ3v) is 7.04. The van der Waals surface area contributed by atoms with Gasteiger partial charge in [0.15, 0.2) is 9.84 Å². The zero-order valence-corrected chi connectivity index (χ0v) is 18.4. The summed E-state index contributed by atoms with van der Waals surface area (Å²) in [5, 5.41) is 13.4. The Labute approximate surface area is 178 Å². The summed E-state index contributed by atoms with van der Waals surface area (Å²) in [5.74, 6) is 0.0171. The van der Waals surface area contributed by atoms with Crippen molar-refractivity contribution in [3.05, 3.63) is 65.2 Å². The number of nitrogens with zero attached hydrogens (tertiary/aromatic N) is 2. The van der Waals surface area contributed by atoms with Crippen molar-refractivity contribution in [1.82, 2.24) is 4.90 Å². The second-order valence-electron chi connectivity index (χ2n) is 8.06. The molecule has 0 spiro atoms. The molecule has 1 heterocycles. The minimum absolute atomic E-state index is 0.000453. The molecule has 1 aliphatic rings. The highest BCUT2D eigenvalue weighted by atomic mass is 32.2. The van der Waals surface area contributed by atoms with E-state index in [1.807, 2.05) is 37.3 Å². The number of rotatable bonds is 6. The second-order valence-corrected chi connectivity index (χ2v) is 10.1. The number of carbonyl (C=O) groups is 1. The van der Waals surface area contributed by atoms with Gasteiger partial charge in [-0.3, -0.25) is 4.79 Å². The number of likely N-dealkylation sites (tertiary alicyclic amines) is 1. The average Bonchev–Trinajstić information content (AvgIpc) is 2.71. The second kappa shape index (κ2) is 9.00. The quantitative estimate of drug-likeness (QED) is 0.432. The van der Waals surface area contributed by atoms with Gasteiger partial charge in [0.25, 0.3) is 0 Å². The van der Waals surface area contributed by atoms with E-state index in [0.29, 0.717) is 31.5 Å². The Morgan fingerprint density at radius 2 is 1.87 bits per heavy atom. The summed E-state index contributed by atoms with van der Waals surface area (Å²) in [4.78, 5) is 13.8. The van der Waals surface area contributed by atoms with Crippen LogP contribution in [-0.4, -0.2) is 50.0 Å². The van der Waals surface area contributed by atoms with E-state index >= 15 is 0 Å². The monoisotopic (exact) mass is 428 g/mol. The Balaban J connectivity index is 1.96. The number of hydrogen-bond donors (Lipinski definition) is 1. The number of aryl methyl sites for hydroxylation is 1. The first-order valence-corrected chi connectivity index (χ1v) is 11.9. The van der Waals surface area contributed by atoms with E-state index in [1.165, 1.54) is 6.26 Å². The van der Waals surface area contributed by atoms with Crippen molar-refractivity contribution >= 4 is 21.5 Å². The van der Waals surface area contributed by atoms with E-state index in [-0.39, 0.29) is 22.6 Å². The lowest BCUT2D eigenvalue weighted by Crippen LogP contribution is -2.40. The highest BCUT2D eigenvalue weighted by Gasteiger charge is 2.30. The van der Waals surface area contributed by atoms with E-state index < -0.39 is 9.84 Å². The van der Waals surface area contributed by atoms with Gasteiger partial charge in [-0.05, 0) is 42.2 Å². The normalized spacial score (nSPS) is 19.0. The zero-order valence-electron chi connectivity index (χ0n) is 17.6. The van der Waals surface area contributed by atoms with Crippen LogP contribution in [-0.2, 0) is 14.6 Å². The van der Waals surface area contributed by atoms with Crippen LogP contribution in [0.2, 0.25) is 0 Å². The number of piperidine rings is 1. The molecule has 160 valence electrons. The Morgan fingerprint density at radius 1 is 1.20 bits per heavy atom. The minimum atomic E-state index is -3.28. The van der Waals surface area contributed by atoms with Gasteiger partial charge in [0.1, 0.15) is 0 Å². The molecule has 2 aromatic carbocycles. The molecule has 30 heavy (non-hydrogen) atoms. The predicted octanol–water partition coefficient (Wildman–Crippen LogP) is 3.62. The summed E-state index contributed by atoms with van der Waals surface area (Å²) >= 11 is 0. The lowest BCUT2D eigenvalue weighted by atomic mass is 9.80. The summed E-state index contributed by atoms with van der Waals surface area (Å²) in [6.45, 7) is 2.57. The van der Waals surface area contributed by atoms with Crippen LogP contribution in [0.15, 0.2) is 58.6 Å². The third kappa shape index (κ3) is 4.90. The Kier molecular flexibility index (Phi) is 6.61. The van der Waals surface area contributed by atoms with Crippen LogP contribution < -0.4 is 0 Å². The molecule has 0 aromatic heterocycles. The van der Waals surface area contributed by atoms with Crippen LogP contribution in [0.1, 0.15) is 41.9 Å². The van der Waals surface area contributed by atoms with Crippen molar-refractivity contribution < 1.29 is 18.4 Å². The van der Waals surface area contributed by atoms with Crippen molar-refractivity contribution in [1.29, 1.82) is 0 Å². The van der Waals surface area contributed by atoms with Gasteiger partial charge in [0.2, 0.25) is 5.91 Å². The molecule has 6 nitrogen and oxygen atoms in total. The molecule has 2 aromatic rings. The molecule has 1 N–H and O–H groups in total. The van der Waals surface area contributed by atoms with Crippen LogP contribution in [0.3, 0.4) is 0 Å². The van der Waals surface area contributed by atoms with Gasteiger partial charge >= 0.3 is 0 Å². The van der Waals surface area contributed by atoms with Gasteiger partial charge in [-0.25, -0.2) is 8.42 Å². The molecular weight excluding hydrogens is 400 g/mol. The minimum Gasteiger partial charge on any atom is -0.411 e. The number of benzene rings is 2. The fourth-order valence-electron chi connectivity index (χ4n) is 4.11. The van der Waals surface area contributed by atoms with Crippen molar-refractivity contribution in [2.45, 2.75) is 37.0 Å². The maximum Gasteiger partial charge on any atom is 0.222 e. The average molecular weight is 429 g/mol. The Bertz CT molecular complexity index is 1050. The number of carbonyl (C=O) groups excluding carboxylic acids is 1. The molecule has 1 fully saturated rings. The van der Waals surface area contributed by atoms with Crippen molar-refractivity contribution in [3.63, 3.8) is 0 Å². The summed E-state index contributed by atoms with van der Waals surface area (Å²) in [5.41, 5.74) is 3.83. The van der Waals surface area contributed by atoms with Crippen LogP contribution in [0.5, 0.6) is 0 Å². The van der Waals surface area contributed by atoms with Crippen LogP contribution >= 0.6 is 0 Å². The van der Waals surface area contributed by atoms with E-state index in [2.05, 4.69) is 11.2 Å². The third-order valence-electron chi connectivity index (χ3n) is 5.91. The molecule has 1 saturated heterocycles. The fourth-order valence-corrected chi connectivity index (χ4v) is 4.75. The lowest BCUT2D eigenvalue weighted by molar-refractivity contribution is -0.132. The molecule has 0 aliphatic carbocycles. The highest BCUT2D eigenvalue weighted by Crippen LogP contribution is 2.33. The molecule has 0 saturated carbocycles. The molecule has 2 unspecified atom stereocenters. The number of oxime groups is 1. The number of sulfone groups is 1. The van der Waals surface area contributed by atoms with Crippen molar-refractivity contribution in [2.24, 2.45) is 11.1 Å². The zero-order chi connectivity index (χ0) is 21.9. The predicted molar refractivity (Wildman–Crippen MR) is 117 cm³/mol. The van der Waals surface area contributed by atoms with Gasteiger partial charge < -0.3 is 10.1 Å². The lowest BCUT2D eigenvalue weighted by Gasteiger charge is -2.31. The van der Waals surface area contributed by atoms with Gasteiger partial charge in [-0.2, -0.15) is 0 Å². The maximum absolute atomic E-state index is 11.8. The molecule has 0 radical (unpaired) electrons. The number of hydrogen-bond acceptors (Lipinski definition) is 5. The van der Waals surface area contributed by atoms with Gasteiger partial charge in [-0.15, -0.1) is 0 Å². The van der Waals surface area contributed by atoms with Gasteiger partial charge in [0.05, 0.1) is 10.6 Å². The largest absolute Gasteiger partial charge is 0.411 e. The Hall–Kier alpha value is -2.67. The van der Waals surface area contributed by atoms with Gasteiger partial charge in [0, 0.05) is 44.5 Å². The first kappa shape index (κ1) is 22.0.